The number of nitriles is 1. The maximum Gasteiger partial charge on any atom is 0.0912 e. The summed E-state index contributed by atoms with van der Waals surface area (Å²) in [6.07, 6.45) is 21.9. The topological polar surface area (TPSA) is 33.0 Å². The van der Waals surface area contributed by atoms with Crippen LogP contribution >= 0.6 is 0 Å². The molecule has 0 heterocycles. The van der Waals surface area contributed by atoms with Gasteiger partial charge in [0.05, 0.1) is 12.2 Å². The third-order valence-electron chi connectivity index (χ3n) is 7.07. The largest absolute Gasteiger partial charge is 0.378 e. The van der Waals surface area contributed by atoms with Crippen LogP contribution in [0, 0.1) is 23.2 Å². The van der Waals surface area contributed by atoms with Gasteiger partial charge in [0.2, 0.25) is 0 Å². The molecule has 2 heteroatoms. The maximum atomic E-state index is 8.53. The first-order valence-electron chi connectivity index (χ1n) is 12.2. The van der Waals surface area contributed by atoms with E-state index in [1.807, 2.05) is 18.2 Å². The third kappa shape index (κ3) is 7.44. The maximum absolute atomic E-state index is 8.53. The third-order valence-corrected chi connectivity index (χ3v) is 7.07. The van der Waals surface area contributed by atoms with E-state index in [2.05, 4.69) is 37.3 Å². The Balaban J connectivity index is 1.32. The Labute approximate surface area is 184 Å². The van der Waals surface area contributed by atoms with E-state index >= 15 is 0 Å². The van der Waals surface area contributed by atoms with E-state index in [0.29, 0.717) is 12.0 Å². The van der Waals surface area contributed by atoms with Gasteiger partial charge in [0, 0.05) is 12.7 Å². The number of aryl methyl sites for hydroxylation is 1. The highest BCUT2D eigenvalue weighted by atomic mass is 16.5. The van der Waals surface area contributed by atoms with Crippen molar-refractivity contribution in [3.05, 3.63) is 59.7 Å². The van der Waals surface area contributed by atoms with E-state index in [1.54, 1.807) is 0 Å². The molecule has 0 aliphatic heterocycles. The summed E-state index contributed by atoms with van der Waals surface area (Å²) < 4.78 is 6.35. The molecule has 0 N–H and O–H groups in total. The zero-order chi connectivity index (χ0) is 21.0. The number of rotatable bonds is 9. The van der Waals surface area contributed by atoms with Crippen molar-refractivity contribution >= 4 is 0 Å². The molecule has 1 aromatic carbocycles. The molecule has 0 radical (unpaired) electrons. The van der Waals surface area contributed by atoms with Gasteiger partial charge in [0.1, 0.15) is 0 Å². The lowest BCUT2D eigenvalue weighted by Gasteiger charge is -2.32. The summed E-state index contributed by atoms with van der Waals surface area (Å²) in [5.74, 6) is 2.13. The Morgan fingerprint density at radius 3 is 2.37 bits per heavy atom. The monoisotopic (exact) mass is 405 g/mol. The van der Waals surface area contributed by atoms with Crippen molar-refractivity contribution in [2.24, 2.45) is 11.8 Å². The normalized spacial score (nSPS) is 27.5. The first kappa shape index (κ1) is 22.8. The molecule has 2 saturated carbocycles. The van der Waals surface area contributed by atoms with Crippen LogP contribution in [0.2, 0.25) is 0 Å². The van der Waals surface area contributed by atoms with Crippen LogP contribution in [0.25, 0.3) is 0 Å². The predicted molar refractivity (Wildman–Crippen MR) is 125 cm³/mol. The summed E-state index contributed by atoms with van der Waals surface area (Å²) in [5, 5.41) is 8.53. The quantitative estimate of drug-likeness (QED) is 0.314. The van der Waals surface area contributed by atoms with Crippen molar-refractivity contribution < 1.29 is 4.74 Å². The smallest absolute Gasteiger partial charge is 0.0912 e. The Morgan fingerprint density at radius 1 is 0.967 bits per heavy atom. The van der Waals surface area contributed by atoms with E-state index < -0.39 is 0 Å². The lowest BCUT2D eigenvalue weighted by molar-refractivity contribution is -0.00337. The SMILES string of the molecule is CCCCc1ccc([C@H]2CC[C@H](OC[C@H]3CC[C@H](C=CC=CC#N)CC3)CC2)cc1. The summed E-state index contributed by atoms with van der Waals surface area (Å²) in [6.45, 7) is 3.21. The number of benzene rings is 1. The molecule has 0 saturated heterocycles. The molecule has 0 spiro atoms. The Morgan fingerprint density at radius 2 is 1.70 bits per heavy atom. The summed E-state index contributed by atoms with van der Waals surface area (Å²) in [4.78, 5) is 0. The van der Waals surface area contributed by atoms with Crippen molar-refractivity contribution in [3.8, 4) is 6.07 Å². The number of nitrogens with zero attached hydrogens (tertiary/aromatic N) is 1. The van der Waals surface area contributed by atoms with Crippen LogP contribution in [-0.4, -0.2) is 12.7 Å². The highest BCUT2D eigenvalue weighted by Gasteiger charge is 2.25. The Hall–Kier alpha value is -1.85. The molecule has 30 heavy (non-hydrogen) atoms. The standard InChI is InChI=1S/C28H39NO/c1-2-3-7-23-13-15-26(16-14-23)27-17-19-28(20-18-27)30-22-25-11-9-24(10-12-25)8-5-4-6-21-29/h4-6,8,13-16,24-25,27-28H,2-3,7,9-12,17-20,22H2,1H3/t24-,25-,27-,28-. The van der Waals surface area contributed by atoms with Crippen LogP contribution < -0.4 is 0 Å². The zero-order valence-corrected chi connectivity index (χ0v) is 18.8. The fourth-order valence-electron chi connectivity index (χ4n) is 5.04. The van der Waals surface area contributed by atoms with Crippen LogP contribution in [0.4, 0.5) is 0 Å². The van der Waals surface area contributed by atoms with E-state index in [0.717, 1.165) is 18.4 Å². The molecule has 2 aliphatic carbocycles. The van der Waals surface area contributed by atoms with Crippen molar-refractivity contribution in [2.45, 2.75) is 89.6 Å². The van der Waals surface area contributed by atoms with Gasteiger partial charge in [0.15, 0.2) is 0 Å². The molecule has 0 atom stereocenters. The van der Waals surface area contributed by atoms with Gasteiger partial charge in [-0.2, -0.15) is 5.26 Å². The van der Waals surface area contributed by atoms with Crippen molar-refractivity contribution in [2.75, 3.05) is 6.61 Å². The molecule has 0 amide bonds. The fourth-order valence-corrected chi connectivity index (χ4v) is 5.04. The Kier molecular flexibility index (Phi) is 9.71. The predicted octanol–water partition coefficient (Wildman–Crippen LogP) is 7.51. The van der Waals surface area contributed by atoms with E-state index in [4.69, 9.17) is 10.00 Å². The van der Waals surface area contributed by atoms with Gasteiger partial charge >= 0.3 is 0 Å². The second-order valence-corrected chi connectivity index (χ2v) is 9.31. The minimum absolute atomic E-state index is 0.471. The first-order valence-corrected chi connectivity index (χ1v) is 12.2. The highest BCUT2D eigenvalue weighted by molar-refractivity contribution is 5.26. The molecule has 0 aromatic heterocycles. The van der Waals surface area contributed by atoms with Crippen molar-refractivity contribution in [1.82, 2.24) is 0 Å². The van der Waals surface area contributed by atoms with Gasteiger partial charge in [-0.25, -0.2) is 0 Å². The van der Waals surface area contributed by atoms with Crippen LogP contribution in [0.15, 0.2) is 48.6 Å². The molecular formula is C28H39NO. The van der Waals surface area contributed by atoms with Gasteiger partial charge in [-0.15, -0.1) is 0 Å². The summed E-state index contributed by atoms with van der Waals surface area (Å²) in [5.41, 5.74) is 3.02. The minimum Gasteiger partial charge on any atom is -0.378 e. The molecule has 162 valence electrons. The van der Waals surface area contributed by atoms with Crippen LogP contribution in [0.5, 0.6) is 0 Å². The lowest BCUT2D eigenvalue weighted by Crippen LogP contribution is -2.25. The average molecular weight is 406 g/mol. The summed E-state index contributed by atoms with van der Waals surface area (Å²) in [6, 6.07) is 11.5. The van der Waals surface area contributed by atoms with Gasteiger partial charge in [-0.05, 0) is 93.1 Å². The average Bonchev–Trinajstić information content (AvgIpc) is 2.81. The van der Waals surface area contributed by atoms with E-state index in [1.165, 1.54) is 87.8 Å². The van der Waals surface area contributed by atoms with Gasteiger partial charge < -0.3 is 4.74 Å². The lowest BCUT2D eigenvalue weighted by atomic mass is 9.81. The molecule has 3 rings (SSSR count). The van der Waals surface area contributed by atoms with Crippen molar-refractivity contribution in [3.63, 3.8) is 0 Å². The molecule has 1 aromatic rings. The molecular weight excluding hydrogens is 366 g/mol. The fraction of sp³-hybridized carbons (Fsp3) is 0.607. The second kappa shape index (κ2) is 12.8. The zero-order valence-electron chi connectivity index (χ0n) is 18.8. The number of hydrogen-bond acceptors (Lipinski definition) is 2. The molecule has 0 unspecified atom stereocenters. The molecule has 2 aliphatic rings. The van der Waals surface area contributed by atoms with Crippen LogP contribution in [0.3, 0.4) is 0 Å². The number of ether oxygens (including phenoxy) is 1. The van der Waals surface area contributed by atoms with Crippen LogP contribution in [-0.2, 0) is 11.2 Å². The summed E-state index contributed by atoms with van der Waals surface area (Å²) in [7, 11) is 0. The molecule has 0 bridgehead atoms. The highest BCUT2D eigenvalue weighted by Crippen LogP contribution is 2.35. The van der Waals surface area contributed by atoms with E-state index in [9.17, 15) is 0 Å². The number of unbranched alkanes of at least 4 members (excludes halogenated alkanes) is 1. The number of hydrogen-bond donors (Lipinski definition) is 0. The van der Waals surface area contributed by atoms with Gasteiger partial charge in [-0.1, -0.05) is 55.8 Å². The Bertz CT molecular complexity index is 695. The van der Waals surface area contributed by atoms with Crippen molar-refractivity contribution in [1.29, 1.82) is 5.26 Å². The second-order valence-electron chi connectivity index (χ2n) is 9.31. The van der Waals surface area contributed by atoms with Gasteiger partial charge in [0.25, 0.3) is 0 Å². The molecule has 2 fully saturated rings. The van der Waals surface area contributed by atoms with Gasteiger partial charge in [-0.3, -0.25) is 0 Å². The summed E-state index contributed by atoms with van der Waals surface area (Å²) >= 11 is 0. The number of allylic oxidation sites excluding steroid dienone is 4. The van der Waals surface area contributed by atoms with Crippen LogP contribution in [0.1, 0.15) is 88.2 Å². The molecule has 2 nitrogen and oxygen atoms in total. The van der Waals surface area contributed by atoms with E-state index in [-0.39, 0.29) is 0 Å². The first-order chi connectivity index (χ1) is 14.8. The minimum atomic E-state index is 0.471.